The minimum absolute atomic E-state index is 0.262. The largest absolute Gasteiger partial charge is 0.463 e. The van der Waals surface area contributed by atoms with E-state index in [1.165, 1.54) is 6.08 Å². The Kier molecular flexibility index (Phi) is 5.65. The molecule has 0 aromatic carbocycles. The van der Waals surface area contributed by atoms with Crippen LogP contribution in [0.3, 0.4) is 0 Å². The van der Waals surface area contributed by atoms with Gasteiger partial charge in [0.25, 0.3) is 0 Å². The fourth-order valence-corrected chi connectivity index (χ4v) is 1.52. The summed E-state index contributed by atoms with van der Waals surface area (Å²) in [5.74, 6) is -0.372. The SMILES string of the molecule is CCOC(=O)/C=C/c1cnc(Cl)cc1NC(C)C. The summed E-state index contributed by atoms with van der Waals surface area (Å²) >= 11 is 5.85. The van der Waals surface area contributed by atoms with Crippen molar-refractivity contribution >= 4 is 29.3 Å². The number of anilines is 1. The van der Waals surface area contributed by atoms with Gasteiger partial charge in [-0.3, -0.25) is 0 Å². The fraction of sp³-hybridized carbons (Fsp3) is 0.385. The van der Waals surface area contributed by atoms with Gasteiger partial charge in [-0.2, -0.15) is 0 Å². The molecule has 0 saturated heterocycles. The summed E-state index contributed by atoms with van der Waals surface area (Å²) in [6.07, 6.45) is 4.65. The highest BCUT2D eigenvalue weighted by molar-refractivity contribution is 6.29. The van der Waals surface area contributed by atoms with E-state index < -0.39 is 0 Å². The maximum absolute atomic E-state index is 11.2. The van der Waals surface area contributed by atoms with Crippen LogP contribution in [0.15, 0.2) is 18.3 Å². The predicted octanol–water partition coefficient (Wildman–Crippen LogP) is 3.13. The first-order valence-corrected chi connectivity index (χ1v) is 6.17. The number of carbonyl (C=O) groups is 1. The second-order valence-corrected chi connectivity index (χ2v) is 4.37. The molecule has 0 bridgehead atoms. The molecule has 0 unspecified atom stereocenters. The molecule has 0 radical (unpaired) electrons. The van der Waals surface area contributed by atoms with E-state index >= 15 is 0 Å². The summed E-state index contributed by atoms with van der Waals surface area (Å²) in [6.45, 7) is 6.17. The van der Waals surface area contributed by atoms with Crippen molar-refractivity contribution in [1.29, 1.82) is 0 Å². The summed E-state index contributed by atoms with van der Waals surface area (Å²) in [7, 11) is 0. The van der Waals surface area contributed by atoms with Gasteiger partial charge in [-0.25, -0.2) is 9.78 Å². The summed E-state index contributed by atoms with van der Waals surface area (Å²) in [5.41, 5.74) is 1.63. The van der Waals surface area contributed by atoms with E-state index in [2.05, 4.69) is 10.3 Å². The summed E-state index contributed by atoms with van der Waals surface area (Å²) in [5, 5.41) is 3.65. The molecule has 1 heterocycles. The summed E-state index contributed by atoms with van der Waals surface area (Å²) < 4.78 is 4.82. The molecule has 1 rings (SSSR count). The van der Waals surface area contributed by atoms with Crippen LogP contribution in [0.25, 0.3) is 6.08 Å². The standard InChI is InChI=1S/C13H17ClN2O2/c1-4-18-13(17)6-5-10-8-15-12(14)7-11(10)16-9(2)3/h5-9H,4H2,1-3H3,(H,15,16)/b6-5+. The van der Waals surface area contributed by atoms with Gasteiger partial charge in [0.15, 0.2) is 0 Å². The number of hydrogen-bond acceptors (Lipinski definition) is 4. The van der Waals surface area contributed by atoms with Crippen LogP contribution < -0.4 is 5.32 Å². The molecule has 0 fully saturated rings. The Morgan fingerprint density at radius 2 is 2.33 bits per heavy atom. The normalized spacial score (nSPS) is 10.9. The van der Waals surface area contributed by atoms with Gasteiger partial charge < -0.3 is 10.1 Å². The Bertz CT molecular complexity index is 445. The van der Waals surface area contributed by atoms with Crippen LogP contribution in [0.4, 0.5) is 5.69 Å². The molecule has 0 saturated carbocycles. The maximum Gasteiger partial charge on any atom is 0.330 e. The molecule has 5 heteroatoms. The average Bonchev–Trinajstić information content (AvgIpc) is 2.27. The van der Waals surface area contributed by atoms with Crippen molar-refractivity contribution < 1.29 is 9.53 Å². The number of aromatic nitrogens is 1. The van der Waals surface area contributed by atoms with Crippen molar-refractivity contribution in [1.82, 2.24) is 4.98 Å². The first-order chi connectivity index (χ1) is 8.52. The van der Waals surface area contributed by atoms with Gasteiger partial charge >= 0.3 is 5.97 Å². The molecule has 4 nitrogen and oxygen atoms in total. The molecule has 0 atom stereocenters. The zero-order valence-corrected chi connectivity index (χ0v) is 11.5. The molecule has 98 valence electrons. The van der Waals surface area contributed by atoms with Crippen LogP contribution in [0.5, 0.6) is 0 Å². The number of ether oxygens (including phenoxy) is 1. The lowest BCUT2D eigenvalue weighted by atomic mass is 10.2. The predicted molar refractivity (Wildman–Crippen MR) is 73.7 cm³/mol. The van der Waals surface area contributed by atoms with Crippen molar-refractivity contribution in [3.05, 3.63) is 29.1 Å². The first kappa shape index (κ1) is 14.5. The Morgan fingerprint density at radius 3 is 2.94 bits per heavy atom. The summed E-state index contributed by atoms with van der Waals surface area (Å²) in [4.78, 5) is 15.2. The van der Waals surface area contributed by atoms with Crippen LogP contribution in [-0.2, 0) is 9.53 Å². The van der Waals surface area contributed by atoms with Crippen molar-refractivity contribution in [2.24, 2.45) is 0 Å². The van der Waals surface area contributed by atoms with Crippen molar-refractivity contribution in [2.45, 2.75) is 26.8 Å². The molecule has 0 amide bonds. The molecule has 0 spiro atoms. The van der Waals surface area contributed by atoms with Gasteiger partial charge in [-0.1, -0.05) is 11.6 Å². The lowest BCUT2D eigenvalue weighted by Crippen LogP contribution is -2.11. The molecule has 0 aliphatic carbocycles. The Labute approximate surface area is 112 Å². The van der Waals surface area contributed by atoms with Crippen LogP contribution >= 0.6 is 11.6 Å². The second-order valence-electron chi connectivity index (χ2n) is 3.98. The monoisotopic (exact) mass is 268 g/mol. The van der Waals surface area contributed by atoms with Gasteiger partial charge in [-0.15, -0.1) is 0 Å². The molecule has 1 aromatic rings. The Balaban J connectivity index is 2.90. The topological polar surface area (TPSA) is 51.2 Å². The van der Waals surface area contributed by atoms with Gasteiger partial charge in [0, 0.05) is 29.6 Å². The van der Waals surface area contributed by atoms with E-state index in [1.54, 1.807) is 25.3 Å². The molecule has 1 N–H and O–H groups in total. The zero-order chi connectivity index (χ0) is 13.5. The van der Waals surface area contributed by atoms with Gasteiger partial charge in [0.05, 0.1) is 6.61 Å². The van der Waals surface area contributed by atoms with Crippen LogP contribution in [0.2, 0.25) is 5.15 Å². The highest BCUT2D eigenvalue weighted by Crippen LogP contribution is 2.20. The van der Waals surface area contributed by atoms with Crippen LogP contribution in [0.1, 0.15) is 26.3 Å². The molecule has 1 aromatic heterocycles. The number of halogens is 1. The number of hydrogen-bond donors (Lipinski definition) is 1. The number of pyridine rings is 1. The number of nitrogens with one attached hydrogen (secondary N) is 1. The lowest BCUT2D eigenvalue weighted by molar-refractivity contribution is -0.137. The molecule has 0 aliphatic heterocycles. The van der Waals surface area contributed by atoms with Gasteiger partial charge in [-0.05, 0) is 32.9 Å². The number of carbonyl (C=O) groups excluding carboxylic acids is 1. The van der Waals surface area contributed by atoms with Gasteiger partial charge in [0.1, 0.15) is 5.15 Å². The van der Waals surface area contributed by atoms with E-state index in [9.17, 15) is 4.79 Å². The van der Waals surface area contributed by atoms with Crippen molar-refractivity contribution in [2.75, 3.05) is 11.9 Å². The lowest BCUT2D eigenvalue weighted by Gasteiger charge is -2.12. The molecule has 0 aliphatic rings. The first-order valence-electron chi connectivity index (χ1n) is 5.79. The van der Waals surface area contributed by atoms with Crippen molar-refractivity contribution in [3.8, 4) is 0 Å². The van der Waals surface area contributed by atoms with Crippen molar-refractivity contribution in [3.63, 3.8) is 0 Å². The third-order valence-electron chi connectivity index (χ3n) is 2.03. The second kappa shape index (κ2) is 7.01. The summed E-state index contributed by atoms with van der Waals surface area (Å²) in [6, 6.07) is 1.99. The van der Waals surface area contributed by atoms with Gasteiger partial charge in [0.2, 0.25) is 0 Å². The fourth-order valence-electron chi connectivity index (χ4n) is 1.36. The number of nitrogens with zero attached hydrogens (tertiary/aromatic N) is 1. The molecular formula is C13H17ClN2O2. The van der Waals surface area contributed by atoms with E-state index in [-0.39, 0.29) is 12.0 Å². The maximum atomic E-state index is 11.2. The molecule has 18 heavy (non-hydrogen) atoms. The number of rotatable bonds is 5. The zero-order valence-electron chi connectivity index (χ0n) is 10.7. The molecular weight excluding hydrogens is 252 g/mol. The Hall–Kier alpha value is -1.55. The third kappa shape index (κ3) is 4.75. The van der Waals surface area contributed by atoms with Crippen LogP contribution in [0, 0.1) is 0 Å². The number of esters is 1. The smallest absolute Gasteiger partial charge is 0.330 e. The van der Waals surface area contributed by atoms with E-state index in [4.69, 9.17) is 16.3 Å². The quantitative estimate of drug-likeness (QED) is 0.506. The van der Waals surface area contributed by atoms with E-state index in [0.717, 1.165) is 11.3 Å². The van der Waals surface area contributed by atoms with E-state index in [1.807, 2.05) is 13.8 Å². The highest BCUT2D eigenvalue weighted by Gasteiger charge is 2.04. The third-order valence-corrected chi connectivity index (χ3v) is 2.24. The minimum Gasteiger partial charge on any atom is -0.463 e. The average molecular weight is 269 g/mol. The van der Waals surface area contributed by atoms with Crippen LogP contribution in [-0.4, -0.2) is 23.6 Å². The van der Waals surface area contributed by atoms with E-state index in [0.29, 0.717) is 11.8 Å². The highest BCUT2D eigenvalue weighted by atomic mass is 35.5. The Morgan fingerprint density at radius 1 is 1.61 bits per heavy atom. The minimum atomic E-state index is -0.372.